The molecule has 3 N–H and O–H groups in total. The predicted molar refractivity (Wildman–Crippen MR) is 94.1 cm³/mol. The van der Waals surface area contributed by atoms with Crippen LogP contribution in [0.2, 0.25) is 5.02 Å². The van der Waals surface area contributed by atoms with Crippen LogP contribution in [0.5, 0.6) is 0 Å². The molecule has 0 unspecified atom stereocenters. The van der Waals surface area contributed by atoms with Crippen LogP contribution in [0, 0.1) is 5.92 Å². The van der Waals surface area contributed by atoms with Gasteiger partial charge < -0.3 is 29.2 Å². The van der Waals surface area contributed by atoms with Gasteiger partial charge in [-0.1, -0.05) is 23.7 Å². The Bertz CT molecular complexity index is 812. The highest BCUT2D eigenvalue weighted by atomic mass is 35.5. The molecule has 3 heterocycles. The molecule has 2 fully saturated rings. The molecule has 1 amide bonds. The maximum atomic E-state index is 12.6. The van der Waals surface area contributed by atoms with Crippen LogP contribution in [0.25, 0.3) is 11.0 Å². The number of rotatable bonds is 6. The van der Waals surface area contributed by atoms with E-state index in [1.165, 1.54) is 6.26 Å². The van der Waals surface area contributed by atoms with Crippen LogP contribution in [0.4, 0.5) is 0 Å². The largest absolute Gasteiger partial charge is 0.635 e. The van der Waals surface area contributed by atoms with Crippen molar-refractivity contribution < 1.29 is 28.7 Å². The lowest BCUT2D eigenvalue weighted by atomic mass is 9.88. The lowest BCUT2D eigenvalue weighted by Crippen LogP contribution is -2.46. The number of amides is 1. The lowest BCUT2D eigenvalue weighted by Gasteiger charge is -2.23. The van der Waals surface area contributed by atoms with Gasteiger partial charge in [-0.05, 0) is 25.3 Å². The first-order valence-corrected chi connectivity index (χ1v) is 9.01. The van der Waals surface area contributed by atoms with Crippen LogP contribution in [0.1, 0.15) is 24.8 Å². The fourth-order valence-electron chi connectivity index (χ4n) is 3.89. The van der Waals surface area contributed by atoms with E-state index < -0.39 is 13.5 Å². The average Bonchev–Trinajstić information content (AvgIpc) is 3.30. The summed E-state index contributed by atoms with van der Waals surface area (Å²) in [5, 5.41) is 22.4. The molecule has 0 spiro atoms. The standard InChI is InChI=1S/C17H19BClNO6/c19-13-3-1-2-11-9(8-24-16(11)13)6-15(26-18(22)23)20-17(21)12-7-10-4-5-14(12)25-10/h1-3,8,10,12,14-15,22-23H,4-7H2,(H,20,21)/t10-,12-,14+,15+/m0/s1. The highest BCUT2D eigenvalue weighted by Gasteiger charge is 2.44. The molecule has 138 valence electrons. The van der Waals surface area contributed by atoms with Crippen molar-refractivity contribution in [2.45, 2.75) is 44.1 Å². The maximum Gasteiger partial charge on any atom is 0.635 e. The van der Waals surface area contributed by atoms with E-state index in [0.717, 1.165) is 23.8 Å². The molecule has 0 aliphatic carbocycles. The number of nitrogens with one attached hydrogen (secondary N) is 1. The minimum absolute atomic E-state index is 0.0618. The number of benzene rings is 1. The maximum absolute atomic E-state index is 12.6. The number of para-hydroxylation sites is 1. The van der Waals surface area contributed by atoms with Gasteiger partial charge in [0.1, 0.15) is 6.23 Å². The first kappa shape index (κ1) is 17.8. The molecular formula is C17H19BClNO6. The zero-order valence-electron chi connectivity index (χ0n) is 13.9. The van der Waals surface area contributed by atoms with E-state index >= 15 is 0 Å². The van der Waals surface area contributed by atoms with E-state index in [2.05, 4.69) is 5.32 Å². The average molecular weight is 380 g/mol. The molecule has 2 aliphatic heterocycles. The highest BCUT2D eigenvalue weighted by Crippen LogP contribution is 2.39. The van der Waals surface area contributed by atoms with E-state index in [0.29, 0.717) is 17.0 Å². The number of furan rings is 1. The molecule has 7 nitrogen and oxygen atoms in total. The number of hydrogen-bond acceptors (Lipinski definition) is 6. The summed E-state index contributed by atoms with van der Waals surface area (Å²) >= 11 is 6.11. The van der Waals surface area contributed by atoms with Gasteiger partial charge in [0.2, 0.25) is 5.91 Å². The summed E-state index contributed by atoms with van der Waals surface area (Å²) in [5.41, 5.74) is 1.29. The molecule has 4 rings (SSSR count). The Balaban J connectivity index is 1.49. The third-order valence-corrected chi connectivity index (χ3v) is 5.37. The summed E-state index contributed by atoms with van der Waals surface area (Å²) in [4.78, 5) is 12.6. The zero-order chi connectivity index (χ0) is 18.3. The normalized spacial score (nSPS) is 25.6. The van der Waals surface area contributed by atoms with Crippen LogP contribution in [0.3, 0.4) is 0 Å². The van der Waals surface area contributed by atoms with Crippen molar-refractivity contribution in [2.75, 3.05) is 0 Å². The van der Waals surface area contributed by atoms with E-state index in [4.69, 9.17) is 25.4 Å². The molecule has 2 aliphatic rings. The quantitative estimate of drug-likeness (QED) is 0.521. The minimum atomic E-state index is -2.00. The van der Waals surface area contributed by atoms with Crippen molar-refractivity contribution in [3.05, 3.63) is 35.0 Å². The first-order chi connectivity index (χ1) is 12.5. The number of carbonyl (C=O) groups is 1. The van der Waals surface area contributed by atoms with Crippen molar-refractivity contribution in [2.24, 2.45) is 5.92 Å². The smallest absolute Gasteiger partial charge is 0.462 e. The van der Waals surface area contributed by atoms with Crippen LogP contribution < -0.4 is 5.32 Å². The molecule has 1 aromatic heterocycles. The van der Waals surface area contributed by atoms with Gasteiger partial charge in [0.05, 0.1) is 29.4 Å². The van der Waals surface area contributed by atoms with Gasteiger partial charge in [-0.15, -0.1) is 0 Å². The van der Waals surface area contributed by atoms with Crippen molar-refractivity contribution in [3.8, 4) is 0 Å². The highest BCUT2D eigenvalue weighted by molar-refractivity contribution is 6.34. The third-order valence-electron chi connectivity index (χ3n) is 5.07. The van der Waals surface area contributed by atoms with E-state index in [9.17, 15) is 14.8 Å². The number of hydrogen-bond donors (Lipinski definition) is 3. The number of fused-ring (bicyclic) bond motifs is 3. The molecule has 1 aromatic carbocycles. The lowest BCUT2D eigenvalue weighted by molar-refractivity contribution is -0.129. The van der Waals surface area contributed by atoms with Gasteiger partial charge in [0.15, 0.2) is 5.58 Å². The van der Waals surface area contributed by atoms with E-state index in [-0.39, 0.29) is 30.5 Å². The van der Waals surface area contributed by atoms with Crippen LogP contribution >= 0.6 is 11.6 Å². The fourth-order valence-corrected chi connectivity index (χ4v) is 4.11. The van der Waals surface area contributed by atoms with Gasteiger partial charge in [-0.25, -0.2) is 0 Å². The fraction of sp³-hybridized carbons (Fsp3) is 0.471. The van der Waals surface area contributed by atoms with Crippen molar-refractivity contribution in [1.82, 2.24) is 5.32 Å². The summed E-state index contributed by atoms with van der Waals surface area (Å²) in [7, 11) is -2.00. The Morgan fingerprint density at radius 2 is 2.27 bits per heavy atom. The molecule has 2 aromatic rings. The van der Waals surface area contributed by atoms with Gasteiger partial charge in [-0.2, -0.15) is 0 Å². The topological polar surface area (TPSA) is 101 Å². The van der Waals surface area contributed by atoms with Gasteiger partial charge >= 0.3 is 7.32 Å². The minimum Gasteiger partial charge on any atom is -0.462 e. The van der Waals surface area contributed by atoms with E-state index in [1.807, 2.05) is 6.07 Å². The first-order valence-electron chi connectivity index (χ1n) is 8.63. The molecule has 4 atom stereocenters. The number of carbonyl (C=O) groups excluding carboxylic acids is 1. The second-order valence-corrected chi connectivity index (χ2v) is 7.16. The second kappa shape index (κ2) is 7.21. The molecule has 9 heteroatoms. The second-order valence-electron chi connectivity index (χ2n) is 6.76. The summed E-state index contributed by atoms with van der Waals surface area (Å²) in [6.45, 7) is 0. The van der Waals surface area contributed by atoms with Crippen molar-refractivity contribution >= 4 is 35.8 Å². The zero-order valence-corrected chi connectivity index (χ0v) is 14.7. The molecule has 2 bridgehead atoms. The van der Waals surface area contributed by atoms with Gasteiger partial charge in [-0.3, -0.25) is 4.79 Å². The van der Waals surface area contributed by atoms with Crippen molar-refractivity contribution in [3.63, 3.8) is 0 Å². The van der Waals surface area contributed by atoms with Crippen molar-refractivity contribution in [1.29, 1.82) is 0 Å². The Hall–Kier alpha value is -1.58. The van der Waals surface area contributed by atoms with Crippen LogP contribution in [-0.2, 0) is 20.6 Å². The number of ether oxygens (including phenoxy) is 1. The number of halogens is 1. The Labute approximate surface area is 155 Å². The molecule has 26 heavy (non-hydrogen) atoms. The predicted octanol–water partition coefficient (Wildman–Crippen LogP) is 1.62. The Morgan fingerprint density at radius 1 is 1.42 bits per heavy atom. The summed E-state index contributed by atoms with van der Waals surface area (Å²) in [6.07, 6.45) is 3.47. The molecule has 0 saturated carbocycles. The molecule has 2 saturated heterocycles. The molecule has 0 radical (unpaired) electrons. The Morgan fingerprint density at radius 3 is 2.96 bits per heavy atom. The Kier molecular flexibility index (Phi) is 4.94. The summed E-state index contributed by atoms with van der Waals surface area (Å²) < 4.78 is 16.3. The SMILES string of the molecule is O=C(N[C@@H](Cc1coc2c(Cl)cccc12)OB(O)O)[C@H]1C[C@@H]2CC[C@H]1O2. The van der Waals surface area contributed by atoms with Gasteiger partial charge in [0.25, 0.3) is 0 Å². The van der Waals surface area contributed by atoms with E-state index in [1.54, 1.807) is 12.1 Å². The third kappa shape index (κ3) is 3.48. The monoisotopic (exact) mass is 379 g/mol. The molecular weight excluding hydrogens is 360 g/mol. The summed E-state index contributed by atoms with van der Waals surface area (Å²) in [5.74, 6) is -0.431. The summed E-state index contributed by atoms with van der Waals surface area (Å²) in [6, 6.07) is 5.36. The van der Waals surface area contributed by atoms with Crippen LogP contribution in [0.15, 0.2) is 28.9 Å². The van der Waals surface area contributed by atoms with Gasteiger partial charge in [0, 0.05) is 17.4 Å². The van der Waals surface area contributed by atoms with Crippen LogP contribution in [-0.4, -0.2) is 41.7 Å².